The van der Waals surface area contributed by atoms with Gasteiger partial charge in [0.05, 0.1) is 11.3 Å². The van der Waals surface area contributed by atoms with E-state index in [2.05, 4.69) is 31.2 Å². The molecular formula is C18H15BrN4O3. The van der Waals surface area contributed by atoms with Gasteiger partial charge in [-0.3, -0.25) is 4.68 Å². The number of aromatic nitrogens is 4. The molecule has 0 aliphatic rings. The fraction of sp³-hybridized carbons (Fsp3) is 0.167. The predicted molar refractivity (Wildman–Crippen MR) is 97.4 cm³/mol. The lowest BCUT2D eigenvalue weighted by Gasteiger charge is -2.03. The Morgan fingerprint density at radius 2 is 1.81 bits per heavy atom. The van der Waals surface area contributed by atoms with Gasteiger partial charge >= 0.3 is 0 Å². The van der Waals surface area contributed by atoms with Gasteiger partial charge in [-0.2, -0.15) is 5.10 Å². The molecule has 0 unspecified atom stereocenters. The van der Waals surface area contributed by atoms with Crippen LogP contribution in [0.25, 0.3) is 23.1 Å². The molecule has 0 aliphatic carbocycles. The van der Waals surface area contributed by atoms with Crippen LogP contribution in [0.4, 0.5) is 0 Å². The Morgan fingerprint density at radius 1 is 1.04 bits per heavy atom. The minimum atomic E-state index is 0.310. The van der Waals surface area contributed by atoms with Gasteiger partial charge < -0.3 is 13.6 Å². The van der Waals surface area contributed by atoms with Crippen molar-refractivity contribution in [1.29, 1.82) is 0 Å². The Balaban J connectivity index is 1.48. The highest BCUT2D eigenvalue weighted by Gasteiger charge is 2.17. The van der Waals surface area contributed by atoms with Gasteiger partial charge in [-0.05, 0) is 43.3 Å². The zero-order valence-corrected chi connectivity index (χ0v) is 15.7. The van der Waals surface area contributed by atoms with Crippen molar-refractivity contribution in [3.8, 4) is 28.9 Å². The smallest absolute Gasteiger partial charge is 0.283 e. The summed E-state index contributed by atoms with van der Waals surface area (Å²) in [6, 6.07) is 11.2. The van der Waals surface area contributed by atoms with E-state index in [-0.39, 0.29) is 0 Å². The average Bonchev–Trinajstić information content (AvgIpc) is 3.34. The summed E-state index contributed by atoms with van der Waals surface area (Å²) < 4.78 is 19.9. The van der Waals surface area contributed by atoms with Crippen LogP contribution in [0.2, 0.25) is 0 Å². The molecule has 0 radical (unpaired) electrons. The molecule has 0 amide bonds. The van der Waals surface area contributed by atoms with Gasteiger partial charge in [-0.15, -0.1) is 10.2 Å². The lowest BCUT2D eigenvalue weighted by atomic mass is 10.3. The molecule has 0 bridgehead atoms. The Bertz CT molecular complexity index is 1030. The molecule has 3 heterocycles. The molecule has 4 aromatic rings. The second kappa shape index (κ2) is 6.80. The van der Waals surface area contributed by atoms with Crippen molar-refractivity contribution < 1.29 is 13.6 Å². The highest BCUT2D eigenvalue weighted by molar-refractivity contribution is 9.10. The van der Waals surface area contributed by atoms with Crippen molar-refractivity contribution in [1.82, 2.24) is 20.0 Å². The summed E-state index contributed by atoms with van der Waals surface area (Å²) in [5.41, 5.74) is 1.63. The zero-order valence-electron chi connectivity index (χ0n) is 14.1. The minimum absolute atomic E-state index is 0.310. The fourth-order valence-electron chi connectivity index (χ4n) is 2.50. The van der Waals surface area contributed by atoms with Crippen molar-refractivity contribution in [2.45, 2.75) is 13.5 Å². The first kappa shape index (κ1) is 16.6. The number of aryl methyl sites for hydroxylation is 2. The second-order valence-electron chi connectivity index (χ2n) is 5.72. The number of furan rings is 1. The third kappa shape index (κ3) is 3.41. The van der Waals surface area contributed by atoms with Crippen LogP contribution in [0.3, 0.4) is 0 Å². The topological polar surface area (TPSA) is 79.1 Å². The number of ether oxygens (including phenoxy) is 1. The molecule has 0 N–H and O–H groups in total. The van der Waals surface area contributed by atoms with E-state index >= 15 is 0 Å². The van der Waals surface area contributed by atoms with E-state index in [1.165, 1.54) is 0 Å². The molecule has 0 fully saturated rings. The molecule has 0 aliphatic heterocycles. The molecule has 1 aromatic carbocycles. The van der Waals surface area contributed by atoms with E-state index in [9.17, 15) is 0 Å². The van der Waals surface area contributed by atoms with E-state index < -0.39 is 0 Å². The summed E-state index contributed by atoms with van der Waals surface area (Å²) >= 11 is 3.39. The van der Waals surface area contributed by atoms with Crippen LogP contribution in [-0.4, -0.2) is 20.0 Å². The Kier molecular flexibility index (Phi) is 4.34. The SMILES string of the molecule is Cc1nn(C)cc1-c1nnc(-c2ccc(COc3ccc(Br)cc3)o2)o1. The highest BCUT2D eigenvalue weighted by Crippen LogP contribution is 2.27. The Labute approximate surface area is 157 Å². The molecule has 4 rings (SSSR count). The van der Waals surface area contributed by atoms with Gasteiger partial charge in [0.2, 0.25) is 0 Å². The highest BCUT2D eigenvalue weighted by atomic mass is 79.9. The normalized spacial score (nSPS) is 11.0. The van der Waals surface area contributed by atoms with Crippen molar-refractivity contribution in [2.24, 2.45) is 7.05 Å². The number of halogens is 1. The molecule has 0 saturated heterocycles. The monoisotopic (exact) mass is 414 g/mol. The van der Waals surface area contributed by atoms with Gasteiger partial charge in [-0.1, -0.05) is 15.9 Å². The molecule has 0 spiro atoms. The minimum Gasteiger partial charge on any atom is -0.486 e. The molecule has 132 valence electrons. The lowest BCUT2D eigenvalue weighted by molar-refractivity contribution is 0.271. The average molecular weight is 415 g/mol. The standard InChI is InChI=1S/C18H15BrN4O3/c1-11-15(9-23(2)22-11)17-20-21-18(26-17)16-8-7-14(25-16)10-24-13-5-3-12(19)4-6-13/h3-9H,10H2,1-2H3. The number of rotatable bonds is 5. The van der Waals surface area contributed by atoms with Gasteiger partial charge in [0.1, 0.15) is 18.1 Å². The molecule has 0 saturated carbocycles. The summed E-state index contributed by atoms with van der Waals surface area (Å²) in [4.78, 5) is 0. The van der Waals surface area contributed by atoms with Gasteiger partial charge in [0.15, 0.2) is 5.76 Å². The molecular weight excluding hydrogens is 400 g/mol. The summed E-state index contributed by atoms with van der Waals surface area (Å²) in [7, 11) is 1.85. The number of hydrogen-bond donors (Lipinski definition) is 0. The largest absolute Gasteiger partial charge is 0.486 e. The quantitative estimate of drug-likeness (QED) is 0.481. The summed E-state index contributed by atoms with van der Waals surface area (Å²) in [5.74, 6) is 2.66. The maximum Gasteiger partial charge on any atom is 0.283 e. The number of hydrogen-bond acceptors (Lipinski definition) is 6. The van der Waals surface area contributed by atoms with Gasteiger partial charge in [-0.25, -0.2) is 0 Å². The third-order valence-corrected chi connectivity index (χ3v) is 4.26. The van der Waals surface area contributed by atoms with Crippen LogP contribution in [0.15, 0.2) is 55.9 Å². The number of benzene rings is 1. The van der Waals surface area contributed by atoms with Gasteiger partial charge in [0, 0.05) is 17.7 Å². The van der Waals surface area contributed by atoms with E-state index in [1.807, 2.05) is 50.5 Å². The maximum absolute atomic E-state index is 5.75. The Morgan fingerprint density at radius 3 is 2.54 bits per heavy atom. The van der Waals surface area contributed by atoms with Crippen LogP contribution in [0.1, 0.15) is 11.5 Å². The molecule has 8 heteroatoms. The van der Waals surface area contributed by atoms with E-state index in [0.717, 1.165) is 21.5 Å². The fourth-order valence-corrected chi connectivity index (χ4v) is 2.76. The van der Waals surface area contributed by atoms with E-state index in [4.69, 9.17) is 13.6 Å². The first-order chi connectivity index (χ1) is 12.6. The van der Waals surface area contributed by atoms with Gasteiger partial charge in [0.25, 0.3) is 11.8 Å². The predicted octanol–water partition coefficient (Wildman–Crippen LogP) is 4.38. The van der Waals surface area contributed by atoms with Crippen molar-refractivity contribution >= 4 is 15.9 Å². The van der Waals surface area contributed by atoms with E-state index in [1.54, 1.807) is 10.7 Å². The van der Waals surface area contributed by atoms with Crippen molar-refractivity contribution in [3.05, 3.63) is 58.5 Å². The number of nitrogens with zero attached hydrogens (tertiary/aromatic N) is 4. The summed E-state index contributed by atoms with van der Waals surface area (Å²) in [6.07, 6.45) is 1.84. The van der Waals surface area contributed by atoms with Crippen molar-refractivity contribution in [2.75, 3.05) is 0 Å². The lowest BCUT2D eigenvalue weighted by Crippen LogP contribution is -1.93. The molecule has 7 nitrogen and oxygen atoms in total. The third-order valence-electron chi connectivity index (χ3n) is 3.74. The summed E-state index contributed by atoms with van der Waals surface area (Å²) in [6.45, 7) is 2.20. The van der Waals surface area contributed by atoms with Crippen LogP contribution < -0.4 is 4.74 Å². The zero-order chi connectivity index (χ0) is 18.1. The van der Waals surface area contributed by atoms with Crippen molar-refractivity contribution in [3.63, 3.8) is 0 Å². The van der Waals surface area contributed by atoms with Crippen LogP contribution >= 0.6 is 15.9 Å². The molecule has 3 aromatic heterocycles. The Hall–Kier alpha value is -2.87. The molecule has 0 atom stereocenters. The van der Waals surface area contributed by atoms with Crippen LogP contribution in [0.5, 0.6) is 5.75 Å². The molecule has 26 heavy (non-hydrogen) atoms. The maximum atomic E-state index is 5.75. The van der Waals surface area contributed by atoms with Crippen LogP contribution in [-0.2, 0) is 13.7 Å². The van der Waals surface area contributed by atoms with E-state index in [0.29, 0.717) is 29.9 Å². The summed E-state index contributed by atoms with van der Waals surface area (Å²) in [5, 5.41) is 12.4. The first-order valence-corrected chi connectivity index (χ1v) is 8.69. The van der Waals surface area contributed by atoms with Crippen LogP contribution in [0, 0.1) is 6.92 Å². The first-order valence-electron chi connectivity index (χ1n) is 7.90. The second-order valence-corrected chi connectivity index (χ2v) is 6.64.